The Morgan fingerprint density at radius 2 is 2.00 bits per heavy atom. The molecule has 0 aromatic rings. The van der Waals surface area contributed by atoms with Crippen molar-refractivity contribution in [2.24, 2.45) is 0 Å². The van der Waals surface area contributed by atoms with Crippen molar-refractivity contribution in [2.75, 3.05) is 18.8 Å². The maximum absolute atomic E-state index is 11.8. The fourth-order valence-electron chi connectivity index (χ4n) is 1.59. The molecule has 1 atom stereocenters. The van der Waals surface area contributed by atoms with E-state index in [1.807, 2.05) is 0 Å². The minimum absolute atomic E-state index is 0.00676. The van der Waals surface area contributed by atoms with Gasteiger partial charge in [-0.15, -0.1) is 0 Å². The van der Waals surface area contributed by atoms with E-state index < -0.39 is 6.04 Å². The third-order valence-electron chi connectivity index (χ3n) is 2.28. The smallest absolute Gasteiger partial charge is 0.245 e. The molecule has 1 aliphatic heterocycles. The van der Waals surface area contributed by atoms with Crippen molar-refractivity contribution in [1.29, 1.82) is 0 Å². The highest BCUT2D eigenvalue weighted by molar-refractivity contribution is 7.80. The first-order chi connectivity index (χ1) is 6.65. The molecular formula is C9H16N2O2S. The Morgan fingerprint density at radius 3 is 2.43 bits per heavy atom. The molecular weight excluding hydrogens is 200 g/mol. The zero-order chi connectivity index (χ0) is 10.6. The first kappa shape index (κ1) is 11.4. The summed E-state index contributed by atoms with van der Waals surface area (Å²) in [4.78, 5) is 24.4. The van der Waals surface area contributed by atoms with Gasteiger partial charge in [-0.3, -0.25) is 9.59 Å². The topological polar surface area (TPSA) is 49.4 Å². The van der Waals surface area contributed by atoms with Gasteiger partial charge in [0.2, 0.25) is 11.8 Å². The van der Waals surface area contributed by atoms with Gasteiger partial charge in [0, 0.05) is 25.8 Å². The lowest BCUT2D eigenvalue weighted by Gasteiger charge is -2.22. The van der Waals surface area contributed by atoms with E-state index in [1.54, 1.807) is 4.90 Å². The van der Waals surface area contributed by atoms with Crippen molar-refractivity contribution >= 4 is 24.4 Å². The molecule has 0 aliphatic carbocycles. The van der Waals surface area contributed by atoms with E-state index in [0.717, 1.165) is 25.9 Å². The molecule has 0 saturated carbocycles. The van der Waals surface area contributed by atoms with Gasteiger partial charge in [-0.05, 0) is 12.8 Å². The predicted octanol–water partition coefficient (Wildman–Crippen LogP) is 0.0433. The van der Waals surface area contributed by atoms with Gasteiger partial charge < -0.3 is 10.2 Å². The molecule has 0 unspecified atom stereocenters. The van der Waals surface area contributed by atoms with Gasteiger partial charge in [0.25, 0.3) is 0 Å². The second kappa shape index (κ2) is 5.24. The fourth-order valence-corrected chi connectivity index (χ4v) is 1.84. The second-order valence-corrected chi connectivity index (χ2v) is 3.83. The largest absolute Gasteiger partial charge is 0.344 e. The number of carbonyl (C=O) groups excluding carboxylic acids is 2. The second-order valence-electron chi connectivity index (χ2n) is 3.47. The number of amides is 2. The maximum atomic E-state index is 11.8. The number of hydrogen-bond donors (Lipinski definition) is 2. The van der Waals surface area contributed by atoms with Gasteiger partial charge in [-0.1, -0.05) is 0 Å². The molecule has 2 amide bonds. The molecule has 1 saturated heterocycles. The van der Waals surface area contributed by atoms with Gasteiger partial charge in [0.1, 0.15) is 6.04 Å². The summed E-state index contributed by atoms with van der Waals surface area (Å²) < 4.78 is 0. The van der Waals surface area contributed by atoms with Gasteiger partial charge >= 0.3 is 0 Å². The lowest BCUT2D eigenvalue weighted by Crippen LogP contribution is -2.48. The summed E-state index contributed by atoms with van der Waals surface area (Å²) in [6.45, 7) is 3.03. The molecule has 0 spiro atoms. The van der Waals surface area contributed by atoms with Crippen LogP contribution in [0.4, 0.5) is 0 Å². The van der Waals surface area contributed by atoms with Crippen LogP contribution in [-0.4, -0.2) is 41.6 Å². The summed E-state index contributed by atoms with van der Waals surface area (Å²) in [5, 5.41) is 2.60. The minimum atomic E-state index is -0.464. The van der Waals surface area contributed by atoms with Crippen LogP contribution in [0.3, 0.4) is 0 Å². The van der Waals surface area contributed by atoms with Crippen molar-refractivity contribution in [3.05, 3.63) is 0 Å². The molecule has 1 aliphatic rings. The molecule has 1 fully saturated rings. The first-order valence-corrected chi connectivity index (χ1v) is 5.45. The molecule has 0 aromatic heterocycles. The van der Waals surface area contributed by atoms with Crippen molar-refractivity contribution in [2.45, 2.75) is 25.8 Å². The minimum Gasteiger partial charge on any atom is -0.344 e. The lowest BCUT2D eigenvalue weighted by atomic mass is 10.3. The molecule has 4 nitrogen and oxygen atoms in total. The van der Waals surface area contributed by atoms with Crippen LogP contribution >= 0.6 is 12.6 Å². The summed E-state index contributed by atoms with van der Waals surface area (Å²) in [5.74, 6) is 0.166. The molecule has 0 radical (unpaired) electrons. The summed E-state index contributed by atoms with van der Waals surface area (Å²) in [7, 11) is 0. The Labute approximate surface area is 89.4 Å². The first-order valence-electron chi connectivity index (χ1n) is 4.82. The third-order valence-corrected chi connectivity index (χ3v) is 2.64. The van der Waals surface area contributed by atoms with Crippen LogP contribution in [0.2, 0.25) is 0 Å². The Bertz CT molecular complexity index is 227. The quantitative estimate of drug-likeness (QED) is 0.655. The average Bonchev–Trinajstić information content (AvgIpc) is 2.65. The van der Waals surface area contributed by atoms with Crippen LogP contribution < -0.4 is 5.32 Å². The van der Waals surface area contributed by atoms with E-state index in [1.165, 1.54) is 6.92 Å². The highest BCUT2D eigenvalue weighted by Crippen LogP contribution is 2.09. The molecule has 0 bridgehead atoms. The highest BCUT2D eigenvalue weighted by atomic mass is 32.1. The number of nitrogens with zero attached hydrogens (tertiary/aromatic N) is 1. The predicted molar refractivity (Wildman–Crippen MR) is 57.3 cm³/mol. The van der Waals surface area contributed by atoms with Crippen LogP contribution in [0.15, 0.2) is 0 Å². The van der Waals surface area contributed by atoms with Crippen LogP contribution in [0, 0.1) is 0 Å². The normalized spacial score (nSPS) is 18.0. The Balaban J connectivity index is 2.50. The van der Waals surface area contributed by atoms with Gasteiger partial charge in [0.15, 0.2) is 0 Å². The van der Waals surface area contributed by atoms with Gasteiger partial charge in [-0.2, -0.15) is 12.6 Å². The fraction of sp³-hybridized carbons (Fsp3) is 0.778. The zero-order valence-corrected chi connectivity index (χ0v) is 9.22. The van der Waals surface area contributed by atoms with Crippen molar-refractivity contribution in [1.82, 2.24) is 10.2 Å². The number of thiol groups is 1. The standard InChI is InChI=1S/C9H16N2O2S/c1-7(12)10-8(6-14)9(13)11-4-2-3-5-11/h8,14H,2-6H2,1H3,(H,10,12)/t8-/m0/s1. The molecule has 5 heteroatoms. The van der Waals surface area contributed by atoms with Crippen LogP contribution in [0.1, 0.15) is 19.8 Å². The average molecular weight is 216 g/mol. The van der Waals surface area contributed by atoms with Gasteiger partial charge in [0.05, 0.1) is 0 Å². The number of carbonyl (C=O) groups is 2. The number of likely N-dealkylation sites (tertiary alicyclic amines) is 1. The molecule has 0 aromatic carbocycles. The molecule has 1 N–H and O–H groups in total. The van der Waals surface area contributed by atoms with E-state index >= 15 is 0 Å². The Kier molecular flexibility index (Phi) is 4.25. The maximum Gasteiger partial charge on any atom is 0.245 e. The number of hydrogen-bond acceptors (Lipinski definition) is 3. The summed E-state index contributed by atoms with van der Waals surface area (Å²) >= 11 is 4.06. The Hall–Kier alpha value is -0.710. The molecule has 80 valence electrons. The van der Waals surface area contributed by atoms with Crippen molar-refractivity contribution in [3.8, 4) is 0 Å². The summed E-state index contributed by atoms with van der Waals surface area (Å²) in [6.07, 6.45) is 2.12. The summed E-state index contributed by atoms with van der Waals surface area (Å²) in [5.41, 5.74) is 0. The molecule has 1 heterocycles. The monoisotopic (exact) mass is 216 g/mol. The van der Waals surface area contributed by atoms with Crippen molar-refractivity contribution < 1.29 is 9.59 Å². The lowest BCUT2D eigenvalue weighted by molar-refractivity contribution is -0.134. The Morgan fingerprint density at radius 1 is 1.43 bits per heavy atom. The van der Waals surface area contributed by atoms with E-state index in [0.29, 0.717) is 5.75 Å². The third kappa shape index (κ3) is 2.90. The number of nitrogens with one attached hydrogen (secondary N) is 1. The molecule has 1 rings (SSSR count). The van der Waals surface area contributed by atoms with E-state index in [9.17, 15) is 9.59 Å². The van der Waals surface area contributed by atoms with Crippen LogP contribution in [0.25, 0.3) is 0 Å². The van der Waals surface area contributed by atoms with E-state index in [-0.39, 0.29) is 11.8 Å². The highest BCUT2D eigenvalue weighted by Gasteiger charge is 2.25. The van der Waals surface area contributed by atoms with Crippen molar-refractivity contribution in [3.63, 3.8) is 0 Å². The van der Waals surface area contributed by atoms with Crippen LogP contribution in [0.5, 0.6) is 0 Å². The summed E-state index contributed by atoms with van der Waals surface area (Å²) in [6, 6.07) is -0.464. The SMILES string of the molecule is CC(=O)N[C@@H](CS)C(=O)N1CCCC1. The molecule has 14 heavy (non-hydrogen) atoms. The van der Waals surface area contributed by atoms with E-state index in [4.69, 9.17) is 0 Å². The zero-order valence-electron chi connectivity index (χ0n) is 8.32. The van der Waals surface area contributed by atoms with Crippen LogP contribution in [-0.2, 0) is 9.59 Å². The number of rotatable bonds is 3. The van der Waals surface area contributed by atoms with Gasteiger partial charge in [-0.25, -0.2) is 0 Å². The van der Waals surface area contributed by atoms with E-state index in [2.05, 4.69) is 17.9 Å².